The van der Waals surface area contributed by atoms with Crippen molar-refractivity contribution in [2.24, 2.45) is 0 Å². The summed E-state index contributed by atoms with van der Waals surface area (Å²) in [6.45, 7) is 2.16. The van der Waals surface area contributed by atoms with Crippen LogP contribution in [0, 0.1) is 0 Å². The minimum Gasteiger partial charge on any atom is -0.490 e. The van der Waals surface area contributed by atoms with Crippen LogP contribution in [-0.4, -0.2) is 37.7 Å². The highest BCUT2D eigenvalue weighted by molar-refractivity contribution is 5.90. The number of nitrogens with one attached hydrogen (secondary N) is 2. The summed E-state index contributed by atoms with van der Waals surface area (Å²) in [7, 11) is 1.60. The molecule has 0 unspecified atom stereocenters. The van der Waals surface area contributed by atoms with Gasteiger partial charge in [0.15, 0.2) is 0 Å². The predicted molar refractivity (Wildman–Crippen MR) is 92.1 cm³/mol. The summed E-state index contributed by atoms with van der Waals surface area (Å²) < 4.78 is 11.2. The van der Waals surface area contributed by atoms with Crippen LogP contribution in [0.15, 0.2) is 24.3 Å². The van der Waals surface area contributed by atoms with Gasteiger partial charge in [-0.1, -0.05) is 31.4 Å². The third-order valence-corrected chi connectivity index (χ3v) is 4.31. The first-order valence-electron chi connectivity index (χ1n) is 8.40. The van der Waals surface area contributed by atoms with Gasteiger partial charge in [0.25, 0.3) is 5.91 Å². The normalized spacial score (nSPS) is 16.2. The Bertz CT molecular complexity index is 568. The molecule has 1 fully saturated rings. The number of benzene rings is 1. The maximum absolute atomic E-state index is 12.4. The molecule has 24 heavy (non-hydrogen) atoms. The summed E-state index contributed by atoms with van der Waals surface area (Å²) in [4.78, 5) is 23.6. The highest BCUT2D eigenvalue weighted by Gasteiger charge is 2.39. The number of ether oxygens (including phenoxy) is 2. The van der Waals surface area contributed by atoms with Crippen molar-refractivity contribution < 1.29 is 19.1 Å². The molecular formula is C18H26N2O4. The molecule has 0 saturated heterocycles. The Labute approximate surface area is 142 Å². The fourth-order valence-corrected chi connectivity index (χ4v) is 3.02. The zero-order valence-electron chi connectivity index (χ0n) is 14.4. The van der Waals surface area contributed by atoms with E-state index in [0.717, 1.165) is 32.1 Å². The lowest BCUT2D eigenvalue weighted by Crippen LogP contribution is -2.50. The molecule has 1 aromatic carbocycles. The van der Waals surface area contributed by atoms with Crippen LogP contribution in [0.5, 0.6) is 5.75 Å². The molecule has 1 aliphatic carbocycles. The third kappa shape index (κ3) is 4.71. The van der Waals surface area contributed by atoms with Crippen molar-refractivity contribution in [1.82, 2.24) is 5.32 Å². The quantitative estimate of drug-likeness (QED) is 0.751. The summed E-state index contributed by atoms with van der Waals surface area (Å²) in [5.41, 5.74) is -0.0660. The number of hydrogen-bond acceptors (Lipinski definition) is 4. The van der Waals surface area contributed by atoms with Crippen molar-refractivity contribution >= 4 is 17.5 Å². The van der Waals surface area contributed by atoms with Gasteiger partial charge in [0.2, 0.25) is 5.91 Å². The van der Waals surface area contributed by atoms with E-state index in [9.17, 15) is 9.59 Å². The molecule has 1 aliphatic rings. The lowest BCUT2D eigenvalue weighted by atomic mass is 9.84. The number of methoxy groups -OCH3 is 1. The van der Waals surface area contributed by atoms with E-state index in [1.165, 1.54) is 6.92 Å². The average Bonchev–Trinajstić information content (AvgIpc) is 2.60. The fourth-order valence-electron chi connectivity index (χ4n) is 3.02. The van der Waals surface area contributed by atoms with E-state index in [1.807, 2.05) is 12.1 Å². The monoisotopic (exact) mass is 334 g/mol. The number of amides is 2. The lowest BCUT2D eigenvalue weighted by Gasteiger charge is -2.34. The van der Waals surface area contributed by atoms with Gasteiger partial charge in [-0.25, -0.2) is 0 Å². The van der Waals surface area contributed by atoms with Gasteiger partial charge < -0.3 is 20.1 Å². The molecule has 2 amide bonds. The van der Waals surface area contributed by atoms with Crippen LogP contribution in [0.1, 0.15) is 39.0 Å². The summed E-state index contributed by atoms with van der Waals surface area (Å²) >= 11 is 0. The first kappa shape index (κ1) is 18.3. The Kier molecular flexibility index (Phi) is 6.61. The van der Waals surface area contributed by atoms with E-state index in [1.54, 1.807) is 19.2 Å². The first-order valence-corrected chi connectivity index (χ1v) is 8.40. The Balaban J connectivity index is 1.82. The maximum atomic E-state index is 12.4. The van der Waals surface area contributed by atoms with Crippen LogP contribution in [0.2, 0.25) is 0 Å². The number of hydrogen-bond donors (Lipinski definition) is 2. The van der Waals surface area contributed by atoms with Crippen molar-refractivity contribution in [2.45, 2.75) is 44.6 Å². The summed E-state index contributed by atoms with van der Waals surface area (Å²) in [6, 6.07) is 7.22. The second-order valence-electron chi connectivity index (χ2n) is 6.04. The number of carbonyl (C=O) groups is 2. The zero-order chi connectivity index (χ0) is 17.4. The first-order chi connectivity index (χ1) is 11.6. The number of rotatable bonds is 7. The van der Waals surface area contributed by atoms with Crippen molar-refractivity contribution in [3.05, 3.63) is 24.3 Å². The molecule has 1 aromatic rings. The van der Waals surface area contributed by atoms with Gasteiger partial charge in [-0.3, -0.25) is 9.59 Å². The molecule has 2 rings (SSSR count). The Hall–Kier alpha value is -2.08. The van der Waals surface area contributed by atoms with E-state index in [2.05, 4.69) is 10.6 Å². The Morgan fingerprint density at radius 1 is 1.17 bits per heavy atom. The summed E-state index contributed by atoms with van der Waals surface area (Å²) in [6.07, 6.45) is 4.72. The third-order valence-electron chi connectivity index (χ3n) is 4.31. The van der Waals surface area contributed by atoms with Crippen LogP contribution in [0.3, 0.4) is 0 Å². The molecule has 2 N–H and O–H groups in total. The van der Waals surface area contributed by atoms with Crippen LogP contribution in [-0.2, 0) is 14.3 Å². The number of para-hydroxylation sites is 2. The standard InChI is InChI=1S/C18H26N2O4/c1-14(21)20-15-8-4-5-9-16(15)24-13-12-19-17(22)18(23-2)10-6-3-7-11-18/h4-5,8-9H,3,6-7,10-13H2,1-2H3,(H,19,22)(H,20,21). The van der Waals surface area contributed by atoms with Gasteiger partial charge in [-0.2, -0.15) is 0 Å². The number of anilines is 1. The van der Waals surface area contributed by atoms with Crippen molar-refractivity contribution in [3.8, 4) is 5.75 Å². The van der Waals surface area contributed by atoms with Crippen LogP contribution in [0.4, 0.5) is 5.69 Å². The van der Waals surface area contributed by atoms with E-state index in [-0.39, 0.29) is 11.8 Å². The molecule has 6 nitrogen and oxygen atoms in total. The van der Waals surface area contributed by atoms with Crippen molar-refractivity contribution in [3.63, 3.8) is 0 Å². The Morgan fingerprint density at radius 3 is 2.54 bits per heavy atom. The van der Waals surface area contributed by atoms with Crippen molar-refractivity contribution in [2.75, 3.05) is 25.6 Å². The Morgan fingerprint density at radius 2 is 1.88 bits per heavy atom. The van der Waals surface area contributed by atoms with E-state index in [4.69, 9.17) is 9.47 Å². The van der Waals surface area contributed by atoms with Gasteiger partial charge >= 0.3 is 0 Å². The van der Waals surface area contributed by atoms with Gasteiger partial charge in [-0.15, -0.1) is 0 Å². The molecule has 132 valence electrons. The molecule has 0 radical (unpaired) electrons. The highest BCUT2D eigenvalue weighted by Crippen LogP contribution is 2.31. The number of carbonyl (C=O) groups excluding carboxylic acids is 2. The van der Waals surface area contributed by atoms with Gasteiger partial charge in [0.05, 0.1) is 12.2 Å². The summed E-state index contributed by atoms with van der Waals surface area (Å²) in [5.74, 6) is 0.364. The minimum atomic E-state index is -0.688. The highest BCUT2D eigenvalue weighted by atomic mass is 16.5. The average molecular weight is 334 g/mol. The van der Waals surface area contributed by atoms with E-state index < -0.39 is 5.60 Å². The zero-order valence-corrected chi connectivity index (χ0v) is 14.4. The molecule has 0 heterocycles. The topological polar surface area (TPSA) is 76.7 Å². The lowest BCUT2D eigenvalue weighted by molar-refractivity contribution is -0.147. The molecule has 0 spiro atoms. The molecule has 6 heteroatoms. The van der Waals surface area contributed by atoms with Crippen LogP contribution < -0.4 is 15.4 Å². The van der Waals surface area contributed by atoms with Gasteiger partial charge in [0.1, 0.15) is 18.0 Å². The molecule has 1 saturated carbocycles. The van der Waals surface area contributed by atoms with Crippen LogP contribution in [0.25, 0.3) is 0 Å². The SMILES string of the molecule is COC1(C(=O)NCCOc2ccccc2NC(C)=O)CCCCC1. The second-order valence-corrected chi connectivity index (χ2v) is 6.04. The van der Waals surface area contributed by atoms with Gasteiger partial charge in [0, 0.05) is 14.0 Å². The molecule has 0 aliphatic heterocycles. The molecule has 0 aromatic heterocycles. The molecule has 0 bridgehead atoms. The minimum absolute atomic E-state index is 0.0663. The fraction of sp³-hybridized carbons (Fsp3) is 0.556. The van der Waals surface area contributed by atoms with Gasteiger partial charge in [-0.05, 0) is 25.0 Å². The molecular weight excluding hydrogens is 308 g/mol. The smallest absolute Gasteiger partial charge is 0.252 e. The second kappa shape index (κ2) is 8.68. The predicted octanol–water partition coefficient (Wildman–Crippen LogP) is 2.49. The van der Waals surface area contributed by atoms with Crippen molar-refractivity contribution in [1.29, 1.82) is 0 Å². The van der Waals surface area contributed by atoms with Crippen LogP contribution >= 0.6 is 0 Å². The van der Waals surface area contributed by atoms with E-state index in [0.29, 0.717) is 24.6 Å². The summed E-state index contributed by atoms with van der Waals surface area (Å²) in [5, 5.41) is 5.62. The van der Waals surface area contributed by atoms with E-state index >= 15 is 0 Å². The maximum Gasteiger partial charge on any atom is 0.252 e. The largest absolute Gasteiger partial charge is 0.490 e. The molecule has 0 atom stereocenters.